The van der Waals surface area contributed by atoms with Crippen molar-refractivity contribution in [1.29, 1.82) is 0 Å². The van der Waals surface area contributed by atoms with E-state index in [-0.39, 0.29) is 34.6 Å². The smallest absolute Gasteiger partial charge is 0.270 e. The number of benzene rings is 1. The van der Waals surface area contributed by atoms with Crippen molar-refractivity contribution in [3.05, 3.63) is 34.4 Å². The second-order valence-electron chi connectivity index (χ2n) is 8.85. The highest BCUT2D eigenvalue weighted by Gasteiger charge is 2.44. The van der Waals surface area contributed by atoms with E-state index in [4.69, 9.17) is 0 Å². The van der Waals surface area contributed by atoms with Crippen molar-refractivity contribution in [2.24, 2.45) is 5.92 Å². The molecule has 1 aromatic carbocycles. The lowest BCUT2D eigenvalue weighted by Crippen LogP contribution is -2.53. The molecule has 1 saturated carbocycles. The van der Waals surface area contributed by atoms with Gasteiger partial charge in [0, 0.05) is 37.3 Å². The van der Waals surface area contributed by atoms with E-state index in [2.05, 4.69) is 19.2 Å². The fourth-order valence-corrected chi connectivity index (χ4v) is 6.24. The SMILES string of the molecule is CNC(CC(C)C)C(=O)N1CCC(N(C2CC2)S(=O)(=O)c2cccc([N+](=O)[O-])c2)CC1. The molecule has 2 fully saturated rings. The monoisotopic (exact) mass is 452 g/mol. The van der Waals surface area contributed by atoms with Crippen LogP contribution >= 0.6 is 0 Å². The van der Waals surface area contributed by atoms with Gasteiger partial charge in [0.1, 0.15) is 0 Å². The second-order valence-corrected chi connectivity index (χ2v) is 10.7. The molecule has 31 heavy (non-hydrogen) atoms. The third kappa shape index (κ3) is 5.42. The fourth-order valence-electron chi connectivity index (χ4n) is 4.27. The van der Waals surface area contributed by atoms with E-state index in [1.165, 1.54) is 18.2 Å². The number of nitro benzene ring substituents is 1. The first-order valence-corrected chi connectivity index (χ1v) is 12.3. The third-order valence-corrected chi connectivity index (χ3v) is 8.00. The van der Waals surface area contributed by atoms with E-state index < -0.39 is 14.9 Å². The number of piperidine rings is 1. The first-order chi connectivity index (χ1) is 14.6. The molecule has 1 aliphatic carbocycles. The number of sulfonamides is 1. The number of carbonyl (C=O) groups excluding carboxylic acids is 1. The number of nitrogens with zero attached hydrogens (tertiary/aromatic N) is 3. The predicted octanol–water partition coefficient (Wildman–Crippen LogP) is 2.37. The Hall–Kier alpha value is -2.04. The molecule has 1 atom stereocenters. The van der Waals surface area contributed by atoms with Crippen LogP contribution in [-0.2, 0) is 14.8 Å². The van der Waals surface area contributed by atoms with Crippen LogP contribution in [0.15, 0.2) is 29.2 Å². The molecule has 1 saturated heterocycles. The predicted molar refractivity (Wildman–Crippen MR) is 117 cm³/mol. The Morgan fingerprint density at radius 1 is 1.23 bits per heavy atom. The largest absolute Gasteiger partial charge is 0.341 e. The lowest BCUT2D eigenvalue weighted by molar-refractivity contribution is -0.385. The number of carbonyl (C=O) groups is 1. The molecule has 1 heterocycles. The second kappa shape index (κ2) is 9.62. The topological polar surface area (TPSA) is 113 Å². The lowest BCUT2D eigenvalue weighted by Gasteiger charge is -2.39. The first kappa shape index (κ1) is 23.6. The van der Waals surface area contributed by atoms with Gasteiger partial charge in [-0.25, -0.2) is 8.42 Å². The quantitative estimate of drug-likeness (QED) is 0.455. The molecule has 172 valence electrons. The van der Waals surface area contributed by atoms with Crippen molar-refractivity contribution < 1.29 is 18.1 Å². The summed E-state index contributed by atoms with van der Waals surface area (Å²) in [6.07, 6.45) is 3.47. The Labute approximate surface area is 184 Å². The van der Waals surface area contributed by atoms with Crippen molar-refractivity contribution >= 4 is 21.6 Å². The lowest BCUT2D eigenvalue weighted by atomic mass is 10.00. The van der Waals surface area contributed by atoms with Crippen molar-refractivity contribution in [3.8, 4) is 0 Å². The zero-order valence-corrected chi connectivity index (χ0v) is 19.2. The highest BCUT2D eigenvalue weighted by atomic mass is 32.2. The normalized spacial score (nSPS) is 19.1. The van der Waals surface area contributed by atoms with Crippen LogP contribution in [-0.4, -0.2) is 66.7 Å². The Kier molecular flexibility index (Phi) is 7.33. The fraction of sp³-hybridized carbons (Fsp3) is 0.667. The number of rotatable bonds is 9. The standard InChI is InChI=1S/C21H32N4O5S/c1-15(2)13-20(22-3)21(26)23-11-9-17(10-12-23)24(16-7-8-16)31(29,30)19-6-4-5-18(14-19)25(27)28/h4-6,14-17,20,22H,7-13H2,1-3H3. The molecule has 9 nitrogen and oxygen atoms in total. The molecule has 1 aliphatic heterocycles. The maximum Gasteiger partial charge on any atom is 0.270 e. The molecule has 1 unspecified atom stereocenters. The van der Waals surface area contributed by atoms with Gasteiger partial charge in [-0.2, -0.15) is 4.31 Å². The van der Waals surface area contributed by atoms with Gasteiger partial charge in [-0.15, -0.1) is 0 Å². The van der Waals surface area contributed by atoms with Crippen LogP contribution in [0.25, 0.3) is 0 Å². The molecule has 3 rings (SSSR count). The Balaban J connectivity index is 1.73. The van der Waals surface area contributed by atoms with E-state index in [1.54, 1.807) is 11.4 Å². The minimum Gasteiger partial charge on any atom is -0.341 e. The van der Waals surface area contributed by atoms with Gasteiger partial charge in [0.05, 0.1) is 15.9 Å². The molecule has 0 spiro atoms. The zero-order valence-electron chi connectivity index (χ0n) is 18.4. The Morgan fingerprint density at radius 3 is 2.35 bits per heavy atom. The summed E-state index contributed by atoms with van der Waals surface area (Å²) in [5, 5.41) is 14.2. The van der Waals surface area contributed by atoms with Crippen LogP contribution in [0.5, 0.6) is 0 Å². The number of nitrogens with one attached hydrogen (secondary N) is 1. The summed E-state index contributed by atoms with van der Waals surface area (Å²) < 4.78 is 28.3. The van der Waals surface area contributed by atoms with Crippen LogP contribution in [0, 0.1) is 16.0 Å². The van der Waals surface area contributed by atoms with E-state index in [1.807, 2.05) is 4.90 Å². The number of likely N-dealkylation sites (N-methyl/N-ethyl adjacent to an activating group) is 1. The summed E-state index contributed by atoms with van der Waals surface area (Å²) in [5.41, 5.74) is -0.236. The van der Waals surface area contributed by atoms with Gasteiger partial charge < -0.3 is 10.2 Å². The summed E-state index contributed by atoms with van der Waals surface area (Å²) in [4.78, 5) is 25.2. The van der Waals surface area contributed by atoms with Crippen LogP contribution in [0.4, 0.5) is 5.69 Å². The maximum absolute atomic E-state index is 13.4. The van der Waals surface area contributed by atoms with Gasteiger partial charge >= 0.3 is 0 Å². The van der Waals surface area contributed by atoms with E-state index in [9.17, 15) is 23.3 Å². The van der Waals surface area contributed by atoms with Crippen LogP contribution in [0.2, 0.25) is 0 Å². The van der Waals surface area contributed by atoms with Crippen molar-refractivity contribution in [2.75, 3.05) is 20.1 Å². The number of nitro groups is 1. The average Bonchev–Trinajstić information content (AvgIpc) is 3.57. The van der Waals surface area contributed by atoms with Crippen molar-refractivity contribution in [2.45, 2.75) is 69.0 Å². The van der Waals surface area contributed by atoms with Crippen LogP contribution in [0.3, 0.4) is 0 Å². The Bertz CT molecular complexity index is 908. The summed E-state index contributed by atoms with van der Waals surface area (Å²) in [6.45, 7) is 5.17. The molecule has 0 radical (unpaired) electrons. The van der Waals surface area contributed by atoms with E-state index in [0.717, 1.165) is 25.3 Å². The van der Waals surface area contributed by atoms with Crippen molar-refractivity contribution in [1.82, 2.24) is 14.5 Å². The summed E-state index contributed by atoms with van der Waals surface area (Å²) in [6, 6.07) is 4.74. The number of amides is 1. The van der Waals surface area contributed by atoms with Gasteiger partial charge in [0.25, 0.3) is 5.69 Å². The third-order valence-electron chi connectivity index (χ3n) is 6.00. The molecule has 10 heteroatoms. The average molecular weight is 453 g/mol. The summed E-state index contributed by atoms with van der Waals surface area (Å²) in [5.74, 6) is 0.457. The molecular formula is C21H32N4O5S. The minimum atomic E-state index is -3.85. The summed E-state index contributed by atoms with van der Waals surface area (Å²) in [7, 11) is -2.07. The van der Waals surface area contributed by atoms with Gasteiger partial charge in [0.15, 0.2) is 0 Å². The molecule has 2 aliphatic rings. The maximum atomic E-state index is 13.4. The van der Waals surface area contributed by atoms with Gasteiger partial charge in [-0.1, -0.05) is 19.9 Å². The highest BCUT2D eigenvalue weighted by Crippen LogP contribution is 2.37. The molecule has 0 aromatic heterocycles. The molecule has 1 amide bonds. The number of hydrogen-bond acceptors (Lipinski definition) is 6. The number of hydrogen-bond donors (Lipinski definition) is 1. The number of likely N-dealkylation sites (tertiary alicyclic amines) is 1. The first-order valence-electron chi connectivity index (χ1n) is 10.9. The number of non-ortho nitro benzene ring substituents is 1. The van der Waals surface area contributed by atoms with Gasteiger partial charge in [-0.05, 0) is 51.1 Å². The zero-order chi connectivity index (χ0) is 22.8. The van der Waals surface area contributed by atoms with Gasteiger partial charge in [-0.3, -0.25) is 14.9 Å². The van der Waals surface area contributed by atoms with Crippen LogP contribution in [0.1, 0.15) is 46.0 Å². The molecule has 1 aromatic rings. The summed E-state index contributed by atoms with van der Waals surface area (Å²) >= 11 is 0. The molecule has 0 bridgehead atoms. The van der Waals surface area contributed by atoms with E-state index in [0.29, 0.717) is 31.8 Å². The van der Waals surface area contributed by atoms with Crippen LogP contribution < -0.4 is 5.32 Å². The van der Waals surface area contributed by atoms with Gasteiger partial charge in [0.2, 0.25) is 15.9 Å². The highest BCUT2D eigenvalue weighted by molar-refractivity contribution is 7.89. The van der Waals surface area contributed by atoms with E-state index >= 15 is 0 Å². The molecular weight excluding hydrogens is 420 g/mol. The minimum absolute atomic E-state index is 0.0423. The van der Waals surface area contributed by atoms with Crippen molar-refractivity contribution in [3.63, 3.8) is 0 Å². The molecule has 1 N–H and O–H groups in total. The Morgan fingerprint density at radius 2 is 1.84 bits per heavy atom.